The van der Waals surface area contributed by atoms with Crippen molar-refractivity contribution in [3.05, 3.63) is 122 Å². The highest BCUT2D eigenvalue weighted by molar-refractivity contribution is 5.71. The summed E-state index contributed by atoms with van der Waals surface area (Å²) in [5, 5.41) is 0. The average molecular weight is 899 g/mol. The Morgan fingerprint density at radius 2 is 0.554 bits per heavy atom. The summed E-state index contributed by atoms with van der Waals surface area (Å²) in [5.74, 6) is -0.995. The van der Waals surface area contributed by atoms with Crippen molar-refractivity contribution in [2.45, 2.75) is 219 Å². The average Bonchev–Trinajstić information content (AvgIpc) is 3.30. The molecule has 65 heavy (non-hydrogen) atoms. The van der Waals surface area contributed by atoms with Gasteiger partial charge < -0.3 is 14.2 Å². The number of unbranched alkanes of at least 4 members (excludes halogenated alkanes) is 14. The second-order valence-electron chi connectivity index (χ2n) is 16.6. The van der Waals surface area contributed by atoms with Crippen LogP contribution in [-0.4, -0.2) is 37.2 Å². The Bertz CT molecular complexity index is 1400. The third-order valence-electron chi connectivity index (χ3n) is 10.4. The van der Waals surface area contributed by atoms with Gasteiger partial charge in [-0.1, -0.05) is 194 Å². The molecular weight excluding hydrogens is 805 g/mol. The monoisotopic (exact) mass is 899 g/mol. The lowest BCUT2D eigenvalue weighted by molar-refractivity contribution is -0.167. The number of esters is 3. The predicted molar refractivity (Wildman–Crippen MR) is 279 cm³/mol. The van der Waals surface area contributed by atoms with Crippen molar-refractivity contribution in [1.29, 1.82) is 0 Å². The van der Waals surface area contributed by atoms with Gasteiger partial charge >= 0.3 is 17.9 Å². The Hall–Kier alpha value is -4.19. The number of ether oxygens (including phenoxy) is 3. The zero-order valence-corrected chi connectivity index (χ0v) is 41.7. The van der Waals surface area contributed by atoms with E-state index in [1.165, 1.54) is 38.5 Å². The lowest BCUT2D eigenvalue weighted by Gasteiger charge is -2.18. The molecule has 0 amide bonds. The van der Waals surface area contributed by atoms with Crippen LogP contribution < -0.4 is 0 Å². The molecule has 0 saturated carbocycles. The number of rotatable bonds is 45. The summed E-state index contributed by atoms with van der Waals surface area (Å²) in [5.41, 5.74) is 0. The van der Waals surface area contributed by atoms with Gasteiger partial charge in [-0.05, 0) is 122 Å². The van der Waals surface area contributed by atoms with Crippen LogP contribution in [0.25, 0.3) is 0 Å². The number of carbonyl (C=O) groups excluding carboxylic acids is 3. The fraction of sp³-hybridized carbons (Fsp3) is 0.610. The molecule has 6 heteroatoms. The van der Waals surface area contributed by atoms with E-state index in [1.807, 2.05) is 0 Å². The quantitative estimate of drug-likeness (QED) is 0.0262. The molecule has 366 valence electrons. The van der Waals surface area contributed by atoms with Crippen LogP contribution in [0.15, 0.2) is 122 Å². The number of hydrogen-bond acceptors (Lipinski definition) is 6. The fourth-order valence-corrected chi connectivity index (χ4v) is 6.64. The molecular formula is C59H94O6. The van der Waals surface area contributed by atoms with Crippen molar-refractivity contribution < 1.29 is 28.6 Å². The summed E-state index contributed by atoms with van der Waals surface area (Å²) in [6, 6.07) is 0. The molecule has 0 aliphatic carbocycles. The fourth-order valence-electron chi connectivity index (χ4n) is 6.64. The molecule has 0 fully saturated rings. The molecule has 0 N–H and O–H groups in total. The molecule has 0 rings (SSSR count). The maximum atomic E-state index is 12.8. The van der Waals surface area contributed by atoms with E-state index < -0.39 is 6.10 Å². The standard InChI is InChI=1S/C59H94O6/c1-4-7-10-13-16-19-22-25-27-29-30-31-33-34-37-40-43-46-49-52-58(61)64-55-56(54-63-57(60)51-48-45-42-39-36-24-21-18-15-12-9-6-3)65-59(62)53-50-47-44-41-38-35-32-28-26-23-20-17-14-11-8-5-2/h7-12,16-21,25-28,35-36,38-39,56H,4-6,13-15,22-24,29-34,37,40-55H2,1-3H3/b10-7-,11-8-,12-9-,19-16-,20-17-,21-18-,27-25-,28-26-,38-35-,39-36-. The molecule has 1 unspecified atom stereocenters. The summed E-state index contributed by atoms with van der Waals surface area (Å²) in [7, 11) is 0. The maximum Gasteiger partial charge on any atom is 0.306 e. The largest absolute Gasteiger partial charge is 0.462 e. The van der Waals surface area contributed by atoms with Crippen LogP contribution in [-0.2, 0) is 28.6 Å². The van der Waals surface area contributed by atoms with E-state index in [-0.39, 0.29) is 37.5 Å². The minimum atomic E-state index is -0.815. The first-order valence-electron chi connectivity index (χ1n) is 26.0. The van der Waals surface area contributed by atoms with E-state index >= 15 is 0 Å². The molecule has 0 aliphatic rings. The SMILES string of the molecule is CC/C=C\C/C=C\C/C=C\C/C=C\CCCCCC(=O)OC(COC(=O)CCCC/C=C\C/C=C\C/C=C\CC)COC(=O)CCCCCCCCCCC/C=C\C/C=C\C/C=C\CC. The van der Waals surface area contributed by atoms with Gasteiger partial charge in [-0.15, -0.1) is 0 Å². The van der Waals surface area contributed by atoms with Crippen LogP contribution in [0.2, 0.25) is 0 Å². The number of carbonyl (C=O) groups is 3. The van der Waals surface area contributed by atoms with Gasteiger partial charge in [0.05, 0.1) is 0 Å². The topological polar surface area (TPSA) is 78.9 Å². The van der Waals surface area contributed by atoms with E-state index in [9.17, 15) is 14.4 Å². The van der Waals surface area contributed by atoms with Gasteiger partial charge in [-0.3, -0.25) is 14.4 Å². The minimum absolute atomic E-state index is 0.110. The Morgan fingerprint density at radius 3 is 0.908 bits per heavy atom. The van der Waals surface area contributed by atoms with Crippen molar-refractivity contribution in [3.63, 3.8) is 0 Å². The summed E-state index contributed by atoms with van der Waals surface area (Å²) < 4.78 is 16.7. The first-order chi connectivity index (χ1) is 32.0. The summed E-state index contributed by atoms with van der Waals surface area (Å²) in [6.45, 7) is 6.22. The molecule has 0 aromatic rings. The Kier molecular flexibility index (Phi) is 49.1. The van der Waals surface area contributed by atoms with Crippen LogP contribution in [0.3, 0.4) is 0 Å². The second-order valence-corrected chi connectivity index (χ2v) is 16.6. The summed E-state index contributed by atoms with van der Waals surface area (Å²) in [6.07, 6.45) is 71.9. The van der Waals surface area contributed by atoms with Crippen LogP contribution >= 0.6 is 0 Å². The van der Waals surface area contributed by atoms with Crippen molar-refractivity contribution in [1.82, 2.24) is 0 Å². The van der Waals surface area contributed by atoms with E-state index in [0.29, 0.717) is 19.3 Å². The van der Waals surface area contributed by atoms with Crippen LogP contribution in [0.5, 0.6) is 0 Å². The van der Waals surface area contributed by atoms with Crippen molar-refractivity contribution in [2.24, 2.45) is 0 Å². The van der Waals surface area contributed by atoms with Gasteiger partial charge in [0, 0.05) is 19.3 Å². The predicted octanol–water partition coefficient (Wildman–Crippen LogP) is 17.3. The summed E-state index contributed by atoms with van der Waals surface area (Å²) >= 11 is 0. The van der Waals surface area contributed by atoms with E-state index in [0.717, 1.165) is 128 Å². The number of allylic oxidation sites excluding steroid dienone is 20. The zero-order valence-electron chi connectivity index (χ0n) is 41.7. The molecule has 0 aromatic carbocycles. The lowest BCUT2D eigenvalue weighted by atomic mass is 10.1. The molecule has 1 atom stereocenters. The van der Waals surface area contributed by atoms with Gasteiger partial charge in [0.15, 0.2) is 6.10 Å². The normalized spacial score (nSPS) is 13.1. The molecule has 0 heterocycles. The smallest absolute Gasteiger partial charge is 0.306 e. The zero-order chi connectivity index (χ0) is 47.2. The molecule has 0 spiro atoms. The van der Waals surface area contributed by atoms with Crippen molar-refractivity contribution in [3.8, 4) is 0 Å². The highest BCUT2D eigenvalue weighted by Gasteiger charge is 2.19. The molecule has 0 aromatic heterocycles. The highest BCUT2D eigenvalue weighted by atomic mass is 16.6. The number of hydrogen-bond donors (Lipinski definition) is 0. The third kappa shape index (κ3) is 50.7. The lowest BCUT2D eigenvalue weighted by Crippen LogP contribution is -2.30. The van der Waals surface area contributed by atoms with Crippen LogP contribution in [0, 0.1) is 0 Å². The van der Waals surface area contributed by atoms with Crippen molar-refractivity contribution in [2.75, 3.05) is 13.2 Å². The van der Waals surface area contributed by atoms with Gasteiger partial charge in [0.25, 0.3) is 0 Å². The molecule has 6 nitrogen and oxygen atoms in total. The van der Waals surface area contributed by atoms with E-state index in [1.54, 1.807) is 0 Å². The van der Waals surface area contributed by atoms with E-state index in [4.69, 9.17) is 14.2 Å². The van der Waals surface area contributed by atoms with Crippen molar-refractivity contribution >= 4 is 17.9 Å². The van der Waals surface area contributed by atoms with E-state index in [2.05, 4.69) is 142 Å². The van der Waals surface area contributed by atoms with Gasteiger partial charge in [0.1, 0.15) is 13.2 Å². The maximum absolute atomic E-state index is 12.8. The highest BCUT2D eigenvalue weighted by Crippen LogP contribution is 2.13. The van der Waals surface area contributed by atoms with Crippen LogP contribution in [0.1, 0.15) is 213 Å². The first kappa shape index (κ1) is 60.8. The Morgan fingerprint density at radius 1 is 0.308 bits per heavy atom. The Labute approximate surface area is 399 Å². The van der Waals surface area contributed by atoms with Crippen LogP contribution in [0.4, 0.5) is 0 Å². The Balaban J connectivity index is 4.47. The minimum Gasteiger partial charge on any atom is -0.462 e. The molecule has 0 aliphatic heterocycles. The third-order valence-corrected chi connectivity index (χ3v) is 10.4. The van der Waals surface area contributed by atoms with Gasteiger partial charge in [0.2, 0.25) is 0 Å². The van der Waals surface area contributed by atoms with Gasteiger partial charge in [-0.2, -0.15) is 0 Å². The first-order valence-corrected chi connectivity index (χ1v) is 26.0. The second kappa shape index (κ2) is 52.4. The summed E-state index contributed by atoms with van der Waals surface area (Å²) in [4.78, 5) is 38.0. The molecule has 0 saturated heterocycles. The molecule has 0 radical (unpaired) electrons. The molecule has 0 bridgehead atoms. The van der Waals surface area contributed by atoms with Gasteiger partial charge in [-0.25, -0.2) is 0 Å².